The van der Waals surface area contributed by atoms with Crippen molar-refractivity contribution >= 4 is 11.3 Å². The van der Waals surface area contributed by atoms with Crippen LogP contribution in [0.15, 0.2) is 35.7 Å². The summed E-state index contributed by atoms with van der Waals surface area (Å²) in [7, 11) is 0. The van der Waals surface area contributed by atoms with Gasteiger partial charge in [-0.1, -0.05) is 50.1 Å². The highest BCUT2D eigenvalue weighted by atomic mass is 32.1. The highest BCUT2D eigenvalue weighted by molar-refractivity contribution is 7.09. The van der Waals surface area contributed by atoms with Gasteiger partial charge in [0.05, 0.1) is 5.69 Å². The molecule has 0 amide bonds. The van der Waals surface area contributed by atoms with Gasteiger partial charge in [-0.05, 0) is 18.8 Å². The minimum absolute atomic E-state index is 0.683. The minimum Gasteiger partial charge on any atom is -0.308 e. The first kappa shape index (κ1) is 13.8. The van der Waals surface area contributed by atoms with E-state index in [1.807, 2.05) is 6.07 Å². The van der Waals surface area contributed by atoms with Crippen molar-refractivity contribution in [3.63, 3.8) is 0 Å². The summed E-state index contributed by atoms with van der Waals surface area (Å²) in [6.45, 7) is 3.28. The fourth-order valence-corrected chi connectivity index (χ4v) is 3.74. The smallest absolute Gasteiger partial charge is 0.107 e. The molecule has 1 aliphatic carbocycles. The molecule has 3 rings (SSSR count). The van der Waals surface area contributed by atoms with Crippen molar-refractivity contribution in [1.29, 1.82) is 0 Å². The molecule has 1 saturated carbocycles. The van der Waals surface area contributed by atoms with E-state index in [-0.39, 0.29) is 0 Å². The number of benzene rings is 1. The lowest BCUT2D eigenvalue weighted by Gasteiger charge is -2.27. The fraction of sp³-hybridized carbons (Fsp3) is 0.471. The molecule has 0 spiro atoms. The lowest BCUT2D eigenvalue weighted by molar-refractivity contribution is 0.300. The summed E-state index contributed by atoms with van der Waals surface area (Å²) < 4.78 is 0. The second kappa shape index (κ2) is 6.51. The van der Waals surface area contributed by atoms with Gasteiger partial charge in [-0.3, -0.25) is 0 Å². The Morgan fingerprint density at radius 3 is 2.90 bits per heavy atom. The first-order valence-corrected chi connectivity index (χ1v) is 8.42. The summed E-state index contributed by atoms with van der Waals surface area (Å²) in [5, 5.41) is 7.04. The van der Waals surface area contributed by atoms with Crippen LogP contribution in [0.1, 0.15) is 37.6 Å². The lowest BCUT2D eigenvalue weighted by atomic mass is 9.87. The van der Waals surface area contributed by atoms with Gasteiger partial charge in [-0.25, -0.2) is 4.98 Å². The van der Waals surface area contributed by atoms with Crippen LogP contribution in [0.4, 0.5) is 0 Å². The van der Waals surface area contributed by atoms with Crippen LogP contribution in [-0.2, 0) is 6.54 Å². The Morgan fingerprint density at radius 2 is 2.10 bits per heavy atom. The number of rotatable bonds is 4. The molecule has 2 unspecified atom stereocenters. The van der Waals surface area contributed by atoms with Crippen LogP contribution in [0.5, 0.6) is 0 Å². The predicted molar refractivity (Wildman–Crippen MR) is 85.8 cm³/mol. The Morgan fingerprint density at radius 1 is 1.25 bits per heavy atom. The van der Waals surface area contributed by atoms with Gasteiger partial charge in [-0.15, -0.1) is 11.3 Å². The van der Waals surface area contributed by atoms with Crippen LogP contribution < -0.4 is 5.32 Å². The number of nitrogens with zero attached hydrogens (tertiary/aromatic N) is 1. The summed E-state index contributed by atoms with van der Waals surface area (Å²) >= 11 is 1.76. The third-order valence-electron chi connectivity index (χ3n) is 4.10. The maximum Gasteiger partial charge on any atom is 0.107 e. The first-order valence-electron chi connectivity index (χ1n) is 7.54. The van der Waals surface area contributed by atoms with Crippen molar-refractivity contribution in [2.75, 3.05) is 0 Å². The van der Waals surface area contributed by atoms with E-state index in [2.05, 4.69) is 41.9 Å². The third kappa shape index (κ3) is 3.47. The maximum absolute atomic E-state index is 4.74. The summed E-state index contributed by atoms with van der Waals surface area (Å²) in [6, 6.07) is 11.1. The quantitative estimate of drug-likeness (QED) is 0.896. The molecule has 2 nitrogen and oxygen atoms in total. The van der Waals surface area contributed by atoms with Crippen molar-refractivity contribution in [2.45, 2.75) is 45.2 Å². The summed E-state index contributed by atoms with van der Waals surface area (Å²) in [5.41, 5.74) is 2.31. The van der Waals surface area contributed by atoms with Crippen LogP contribution in [-0.4, -0.2) is 11.0 Å². The number of thiazole rings is 1. The topological polar surface area (TPSA) is 24.9 Å². The van der Waals surface area contributed by atoms with E-state index >= 15 is 0 Å². The molecule has 1 aromatic carbocycles. The number of hydrogen-bond donors (Lipinski definition) is 1. The molecule has 2 atom stereocenters. The van der Waals surface area contributed by atoms with Crippen molar-refractivity contribution in [3.05, 3.63) is 40.7 Å². The Hall–Kier alpha value is -1.19. The van der Waals surface area contributed by atoms with E-state index < -0.39 is 0 Å². The second-order valence-corrected chi connectivity index (χ2v) is 6.78. The van der Waals surface area contributed by atoms with E-state index in [4.69, 9.17) is 4.98 Å². The third-order valence-corrected chi connectivity index (χ3v) is 4.95. The van der Waals surface area contributed by atoms with Crippen molar-refractivity contribution in [2.24, 2.45) is 5.92 Å². The molecular formula is C17H22N2S. The Kier molecular flexibility index (Phi) is 4.48. The standard InChI is InChI=1S/C17H22N2S/c1-13-6-5-9-15(10-13)18-11-17-19-16(12-20-17)14-7-3-2-4-8-14/h2-4,7-8,12-13,15,18H,5-6,9-11H2,1H3. The van der Waals surface area contributed by atoms with Crippen molar-refractivity contribution in [1.82, 2.24) is 10.3 Å². The Bertz CT molecular complexity index is 535. The average molecular weight is 286 g/mol. The normalized spacial score (nSPS) is 22.9. The molecule has 106 valence electrons. The van der Waals surface area contributed by atoms with Crippen LogP contribution in [0, 0.1) is 5.92 Å². The molecule has 0 bridgehead atoms. The molecule has 1 aliphatic rings. The number of aromatic nitrogens is 1. The van der Waals surface area contributed by atoms with Gasteiger partial charge < -0.3 is 5.32 Å². The first-order chi connectivity index (χ1) is 9.81. The van der Waals surface area contributed by atoms with Crippen molar-refractivity contribution in [3.8, 4) is 11.3 Å². The molecule has 20 heavy (non-hydrogen) atoms. The van der Waals surface area contributed by atoms with Crippen LogP contribution >= 0.6 is 11.3 Å². The zero-order chi connectivity index (χ0) is 13.8. The molecule has 1 heterocycles. The van der Waals surface area contributed by atoms with Gasteiger partial charge in [0.25, 0.3) is 0 Å². The molecule has 1 N–H and O–H groups in total. The maximum atomic E-state index is 4.74. The van der Waals surface area contributed by atoms with Gasteiger partial charge in [-0.2, -0.15) is 0 Å². The summed E-state index contributed by atoms with van der Waals surface area (Å²) in [5.74, 6) is 0.873. The van der Waals surface area contributed by atoms with Crippen LogP contribution in [0.3, 0.4) is 0 Å². The van der Waals surface area contributed by atoms with Gasteiger partial charge in [0.1, 0.15) is 5.01 Å². The molecule has 0 radical (unpaired) electrons. The van der Waals surface area contributed by atoms with E-state index in [0.717, 1.165) is 18.2 Å². The van der Waals surface area contributed by atoms with Gasteiger partial charge >= 0.3 is 0 Å². The van der Waals surface area contributed by atoms with E-state index in [0.29, 0.717) is 6.04 Å². The molecular weight excluding hydrogens is 264 g/mol. The number of hydrogen-bond acceptors (Lipinski definition) is 3. The van der Waals surface area contributed by atoms with Crippen LogP contribution in [0.25, 0.3) is 11.3 Å². The summed E-state index contributed by atoms with van der Waals surface area (Å²) in [6.07, 6.45) is 5.40. The number of nitrogens with one attached hydrogen (secondary N) is 1. The fourth-order valence-electron chi connectivity index (χ4n) is 2.98. The van der Waals surface area contributed by atoms with Gasteiger partial charge in [0.2, 0.25) is 0 Å². The van der Waals surface area contributed by atoms with Gasteiger partial charge in [0.15, 0.2) is 0 Å². The average Bonchev–Trinajstić information content (AvgIpc) is 2.95. The Labute approximate surface area is 125 Å². The zero-order valence-corrected chi connectivity index (χ0v) is 12.8. The SMILES string of the molecule is CC1CCCC(NCc2nc(-c3ccccc3)cs2)C1. The largest absolute Gasteiger partial charge is 0.308 e. The molecule has 0 saturated heterocycles. The van der Waals surface area contributed by atoms with Crippen molar-refractivity contribution < 1.29 is 0 Å². The molecule has 1 aromatic heterocycles. The van der Waals surface area contributed by atoms with Crippen LogP contribution in [0.2, 0.25) is 0 Å². The molecule has 3 heteroatoms. The van der Waals surface area contributed by atoms with E-state index in [9.17, 15) is 0 Å². The zero-order valence-electron chi connectivity index (χ0n) is 12.0. The highest BCUT2D eigenvalue weighted by Crippen LogP contribution is 2.25. The van der Waals surface area contributed by atoms with E-state index in [1.165, 1.54) is 36.3 Å². The summed E-state index contributed by atoms with van der Waals surface area (Å²) in [4.78, 5) is 4.74. The molecule has 1 fully saturated rings. The highest BCUT2D eigenvalue weighted by Gasteiger charge is 2.18. The monoisotopic (exact) mass is 286 g/mol. The predicted octanol–water partition coefficient (Wildman–Crippen LogP) is 4.48. The molecule has 2 aromatic rings. The lowest BCUT2D eigenvalue weighted by Crippen LogP contribution is -2.33. The van der Waals surface area contributed by atoms with E-state index in [1.54, 1.807) is 11.3 Å². The Balaban J connectivity index is 1.58. The second-order valence-electron chi connectivity index (χ2n) is 5.84. The molecule has 0 aliphatic heterocycles. The minimum atomic E-state index is 0.683. The van der Waals surface area contributed by atoms with Gasteiger partial charge in [0, 0.05) is 23.5 Å².